The van der Waals surface area contributed by atoms with Gasteiger partial charge in [0.25, 0.3) is 0 Å². The number of para-hydroxylation sites is 3. The predicted octanol–water partition coefficient (Wildman–Crippen LogP) is 12.2. The van der Waals surface area contributed by atoms with Crippen LogP contribution in [-0.4, -0.2) is 9.13 Å². The summed E-state index contributed by atoms with van der Waals surface area (Å²) in [6.07, 6.45) is 0. The van der Waals surface area contributed by atoms with Crippen molar-refractivity contribution in [1.82, 2.24) is 9.13 Å². The number of hydrogen-bond donors (Lipinski definition) is 0. The lowest BCUT2D eigenvalue weighted by molar-refractivity contribution is 1.01. The van der Waals surface area contributed by atoms with Crippen molar-refractivity contribution in [3.8, 4) is 0 Å². The second-order valence-corrected chi connectivity index (χ2v) is 14.8. The molecule has 230 valence electrons. The minimum Gasteiger partial charge on any atom is -0.344 e. The number of aromatic nitrogens is 2. The van der Waals surface area contributed by atoms with Gasteiger partial charge in [0, 0.05) is 77.6 Å². The van der Waals surface area contributed by atoms with Crippen LogP contribution in [0.25, 0.3) is 43.6 Å². The highest BCUT2D eigenvalue weighted by Crippen LogP contribution is 2.52. The molecule has 0 bridgehead atoms. The summed E-state index contributed by atoms with van der Waals surface area (Å²) >= 11 is 3.53. The molecule has 10 rings (SSSR count). The van der Waals surface area contributed by atoms with Crippen molar-refractivity contribution in [1.29, 1.82) is 0 Å². The summed E-state index contributed by atoms with van der Waals surface area (Å²) in [6.45, 7) is 8.72. The highest BCUT2D eigenvalue weighted by Gasteiger charge is 2.27. The van der Waals surface area contributed by atoms with Crippen LogP contribution in [0.2, 0.25) is 0 Å². The van der Waals surface area contributed by atoms with Gasteiger partial charge >= 0.3 is 0 Å². The molecular weight excluding hydrogens is 625 g/mol. The van der Waals surface area contributed by atoms with Crippen LogP contribution in [0.5, 0.6) is 0 Å². The largest absolute Gasteiger partial charge is 0.344 e. The van der Waals surface area contributed by atoms with Crippen LogP contribution in [0.4, 0.5) is 28.4 Å². The lowest BCUT2D eigenvalue weighted by Crippen LogP contribution is -2.19. The summed E-state index contributed by atoms with van der Waals surface area (Å²) in [5.41, 5.74) is 11.6. The van der Waals surface area contributed by atoms with Crippen molar-refractivity contribution >= 4 is 95.6 Å². The maximum atomic E-state index is 4.42. The van der Waals surface area contributed by atoms with Gasteiger partial charge in [0.15, 0.2) is 0 Å². The second kappa shape index (κ2) is 10.1. The van der Waals surface area contributed by atoms with Crippen molar-refractivity contribution < 1.29 is 0 Å². The first-order valence-corrected chi connectivity index (χ1v) is 17.6. The standard InChI is InChI=1S/C42H30N4S2/c1-25-26(2)47-40-14-8-5-11-33(40)45(25)27-17-19-29-31-23-39-32(24-38(31)43(3)36(29)21-27)30-20-18-28(22-37(30)44(39)4)46-34-12-6-9-15-41(34)48-42-16-10-7-13-35(42)46/h5-24H,1-2H2,3-4H3. The zero-order valence-corrected chi connectivity index (χ0v) is 28.2. The Morgan fingerprint density at radius 1 is 0.438 bits per heavy atom. The van der Waals surface area contributed by atoms with E-state index < -0.39 is 0 Å². The van der Waals surface area contributed by atoms with Gasteiger partial charge in [-0.15, -0.1) is 0 Å². The third-order valence-corrected chi connectivity index (χ3v) is 12.2. The summed E-state index contributed by atoms with van der Waals surface area (Å²) in [5, 5.41) is 5.02. The van der Waals surface area contributed by atoms with Crippen LogP contribution in [-0.2, 0) is 14.1 Å². The van der Waals surface area contributed by atoms with Gasteiger partial charge in [-0.3, -0.25) is 0 Å². The number of nitrogens with zero attached hydrogens (tertiary/aromatic N) is 4. The minimum atomic E-state index is 0.920. The van der Waals surface area contributed by atoms with Crippen LogP contribution in [0.1, 0.15) is 0 Å². The maximum Gasteiger partial charge on any atom is 0.0601 e. The van der Waals surface area contributed by atoms with Crippen molar-refractivity contribution in [2.75, 3.05) is 9.80 Å². The van der Waals surface area contributed by atoms with E-state index in [9.17, 15) is 0 Å². The van der Waals surface area contributed by atoms with E-state index in [4.69, 9.17) is 0 Å². The van der Waals surface area contributed by atoms with Crippen LogP contribution >= 0.6 is 23.5 Å². The molecule has 0 amide bonds. The average Bonchev–Trinajstić information content (AvgIpc) is 3.55. The summed E-state index contributed by atoms with van der Waals surface area (Å²) in [5.74, 6) is 0. The van der Waals surface area contributed by atoms with E-state index in [-0.39, 0.29) is 0 Å². The third-order valence-electron chi connectivity index (χ3n) is 9.98. The van der Waals surface area contributed by atoms with Gasteiger partial charge in [-0.2, -0.15) is 0 Å². The molecule has 0 fully saturated rings. The minimum absolute atomic E-state index is 0.920. The van der Waals surface area contributed by atoms with Crippen LogP contribution in [0.15, 0.2) is 160 Å². The molecule has 0 unspecified atom stereocenters. The third kappa shape index (κ3) is 3.81. The Balaban J connectivity index is 1.13. The molecule has 2 aromatic heterocycles. The van der Waals surface area contributed by atoms with Gasteiger partial charge in [-0.1, -0.05) is 85.2 Å². The molecule has 6 aromatic carbocycles. The molecule has 0 aliphatic carbocycles. The van der Waals surface area contributed by atoms with E-state index in [2.05, 4.69) is 168 Å². The summed E-state index contributed by atoms with van der Waals surface area (Å²) in [7, 11) is 4.38. The van der Waals surface area contributed by atoms with Gasteiger partial charge in [-0.05, 0) is 72.8 Å². The van der Waals surface area contributed by atoms with E-state index in [1.165, 1.54) is 69.7 Å². The molecule has 2 aliphatic heterocycles. The number of fused-ring (bicyclic) bond motifs is 9. The second-order valence-electron chi connectivity index (χ2n) is 12.6. The van der Waals surface area contributed by atoms with Crippen LogP contribution < -0.4 is 9.80 Å². The SMILES string of the molecule is C=C1Sc2ccccc2N(c2ccc3c4cc5c(cc4n(C)c3c2)c2ccc(N3c4ccccc4Sc4ccccc43)cc2n5C)C1=C. The molecule has 0 saturated heterocycles. The highest BCUT2D eigenvalue weighted by atomic mass is 32.2. The van der Waals surface area contributed by atoms with E-state index in [1.807, 2.05) is 11.8 Å². The Kier molecular flexibility index (Phi) is 5.85. The van der Waals surface area contributed by atoms with Gasteiger partial charge in [0.2, 0.25) is 0 Å². The average molecular weight is 655 g/mol. The first-order chi connectivity index (χ1) is 23.5. The zero-order valence-electron chi connectivity index (χ0n) is 26.6. The lowest BCUT2D eigenvalue weighted by Gasteiger charge is -2.33. The fourth-order valence-corrected chi connectivity index (χ4v) is 9.56. The summed E-state index contributed by atoms with van der Waals surface area (Å²) in [6, 6.07) is 44.3. The first kappa shape index (κ1) is 27.8. The van der Waals surface area contributed by atoms with Gasteiger partial charge in [-0.25, -0.2) is 0 Å². The molecule has 8 aromatic rings. The quantitative estimate of drug-likeness (QED) is 0.184. The van der Waals surface area contributed by atoms with Crippen molar-refractivity contribution in [2.24, 2.45) is 14.1 Å². The molecule has 0 radical (unpaired) electrons. The van der Waals surface area contributed by atoms with E-state index in [0.29, 0.717) is 0 Å². The van der Waals surface area contributed by atoms with Crippen molar-refractivity contribution in [3.63, 3.8) is 0 Å². The molecule has 4 nitrogen and oxygen atoms in total. The Hall–Kier alpha value is -5.30. The van der Waals surface area contributed by atoms with Crippen LogP contribution in [0.3, 0.4) is 0 Å². The highest BCUT2D eigenvalue weighted by molar-refractivity contribution is 8.03. The number of benzene rings is 6. The smallest absolute Gasteiger partial charge is 0.0601 e. The zero-order chi connectivity index (χ0) is 32.3. The van der Waals surface area contributed by atoms with Gasteiger partial charge in [0.1, 0.15) is 0 Å². The van der Waals surface area contributed by atoms with Gasteiger partial charge < -0.3 is 18.9 Å². The van der Waals surface area contributed by atoms with E-state index in [1.54, 1.807) is 11.8 Å². The number of rotatable bonds is 2. The first-order valence-electron chi connectivity index (χ1n) is 16.0. The molecule has 4 heterocycles. The van der Waals surface area contributed by atoms with Crippen LogP contribution in [0, 0.1) is 0 Å². The lowest BCUT2D eigenvalue weighted by atomic mass is 10.1. The molecule has 2 aliphatic rings. The Labute approximate surface area is 287 Å². The molecule has 0 spiro atoms. The number of hydrogen-bond acceptors (Lipinski definition) is 4. The predicted molar refractivity (Wildman–Crippen MR) is 206 cm³/mol. The number of thioether (sulfide) groups is 1. The normalized spacial score (nSPS) is 14.3. The molecular formula is C42H30N4S2. The summed E-state index contributed by atoms with van der Waals surface area (Å²) < 4.78 is 4.69. The molecule has 0 atom stereocenters. The molecule has 6 heteroatoms. The number of anilines is 5. The topological polar surface area (TPSA) is 16.3 Å². The van der Waals surface area contributed by atoms with E-state index in [0.717, 1.165) is 27.7 Å². The summed E-state index contributed by atoms with van der Waals surface area (Å²) in [4.78, 5) is 9.36. The maximum absolute atomic E-state index is 4.42. The Morgan fingerprint density at radius 3 is 1.38 bits per heavy atom. The van der Waals surface area contributed by atoms with Crippen molar-refractivity contribution in [3.05, 3.63) is 145 Å². The van der Waals surface area contributed by atoms with E-state index >= 15 is 0 Å². The van der Waals surface area contributed by atoms with Gasteiger partial charge in [0.05, 0.1) is 33.8 Å². The fourth-order valence-electron chi connectivity index (χ4n) is 7.62. The Morgan fingerprint density at radius 2 is 0.854 bits per heavy atom. The van der Waals surface area contributed by atoms with Crippen molar-refractivity contribution in [2.45, 2.75) is 14.7 Å². The fraction of sp³-hybridized carbons (Fsp3) is 0.0476. The molecule has 48 heavy (non-hydrogen) atoms. The molecule has 0 N–H and O–H groups in total. The monoisotopic (exact) mass is 654 g/mol. The number of aryl methyl sites for hydroxylation is 2. The Bertz CT molecular complexity index is 2670. The molecule has 0 saturated carbocycles.